The van der Waals surface area contributed by atoms with Gasteiger partial charge in [-0.3, -0.25) is 14.4 Å². The van der Waals surface area contributed by atoms with Crippen molar-refractivity contribution >= 4 is 49.9 Å². The summed E-state index contributed by atoms with van der Waals surface area (Å²) in [5.41, 5.74) is 2.49. The standard InChI is InChI=1S/C31H27N5O5S/c37-27(34-29-31(39)33-25-13-7-6-12-24(25)28(35-29)21-9-2-1-3-10-21)19-26-30(38)32-16-17-36(26)42(40,41)23-15-14-20-8-4-5-11-22(20)18-23/h1-15,18,26,29H,16-17,19H2,(H,32,38)(H,33,39)(H,34,37)/t26-,29?/m1/s1. The Morgan fingerprint density at radius 2 is 1.60 bits per heavy atom. The molecule has 0 radical (unpaired) electrons. The molecule has 212 valence electrons. The summed E-state index contributed by atoms with van der Waals surface area (Å²) in [7, 11) is -4.13. The van der Waals surface area contributed by atoms with Gasteiger partial charge < -0.3 is 16.0 Å². The first-order valence-corrected chi connectivity index (χ1v) is 14.9. The molecule has 4 aromatic rings. The van der Waals surface area contributed by atoms with E-state index in [1.54, 1.807) is 24.3 Å². The number of rotatable bonds is 6. The maximum Gasteiger partial charge on any atom is 0.269 e. The lowest BCUT2D eigenvalue weighted by Crippen LogP contribution is -2.58. The van der Waals surface area contributed by atoms with E-state index in [1.165, 1.54) is 6.07 Å². The fourth-order valence-corrected chi connectivity index (χ4v) is 6.83. The van der Waals surface area contributed by atoms with Gasteiger partial charge in [0.2, 0.25) is 28.0 Å². The minimum atomic E-state index is -4.13. The molecule has 10 nitrogen and oxygen atoms in total. The number of sulfonamides is 1. The molecule has 0 spiro atoms. The van der Waals surface area contributed by atoms with Gasteiger partial charge in [0, 0.05) is 24.2 Å². The molecule has 3 amide bonds. The van der Waals surface area contributed by atoms with Crippen LogP contribution in [0.1, 0.15) is 17.5 Å². The van der Waals surface area contributed by atoms with Crippen LogP contribution in [0.4, 0.5) is 5.69 Å². The van der Waals surface area contributed by atoms with Gasteiger partial charge in [0.1, 0.15) is 6.04 Å². The molecule has 42 heavy (non-hydrogen) atoms. The summed E-state index contributed by atoms with van der Waals surface area (Å²) in [4.78, 5) is 44.0. The second kappa shape index (κ2) is 11.2. The zero-order valence-corrected chi connectivity index (χ0v) is 23.2. The molecular weight excluding hydrogens is 554 g/mol. The highest BCUT2D eigenvalue weighted by molar-refractivity contribution is 7.89. The number of benzene rings is 4. The molecule has 4 aromatic carbocycles. The Morgan fingerprint density at radius 3 is 2.40 bits per heavy atom. The van der Waals surface area contributed by atoms with Crippen LogP contribution in [0.5, 0.6) is 0 Å². The first-order chi connectivity index (χ1) is 20.3. The van der Waals surface area contributed by atoms with E-state index < -0.39 is 46.4 Å². The second-order valence-electron chi connectivity index (χ2n) is 9.98. The number of benzodiazepines with no additional fused rings is 1. The average Bonchev–Trinajstić information content (AvgIpc) is 3.14. The van der Waals surface area contributed by atoms with Gasteiger partial charge >= 0.3 is 0 Å². The van der Waals surface area contributed by atoms with Crippen LogP contribution in [0.15, 0.2) is 107 Å². The molecule has 3 N–H and O–H groups in total. The maximum absolute atomic E-state index is 13.7. The van der Waals surface area contributed by atoms with E-state index in [1.807, 2.05) is 66.7 Å². The lowest BCUT2D eigenvalue weighted by atomic mass is 10.0. The number of fused-ring (bicyclic) bond motifs is 2. The van der Waals surface area contributed by atoms with Crippen molar-refractivity contribution in [1.29, 1.82) is 0 Å². The van der Waals surface area contributed by atoms with E-state index in [0.29, 0.717) is 17.0 Å². The summed E-state index contributed by atoms with van der Waals surface area (Å²) < 4.78 is 28.5. The monoisotopic (exact) mass is 581 g/mol. The Hall–Kier alpha value is -4.87. The molecule has 0 bridgehead atoms. The Bertz CT molecular complexity index is 1840. The summed E-state index contributed by atoms with van der Waals surface area (Å²) in [5.74, 6) is -1.85. The molecule has 2 heterocycles. The van der Waals surface area contributed by atoms with Crippen LogP contribution in [0.25, 0.3) is 10.8 Å². The Balaban J connectivity index is 1.27. The van der Waals surface area contributed by atoms with Crippen molar-refractivity contribution in [2.24, 2.45) is 4.99 Å². The van der Waals surface area contributed by atoms with Crippen molar-refractivity contribution < 1.29 is 22.8 Å². The smallest absolute Gasteiger partial charge is 0.269 e. The van der Waals surface area contributed by atoms with Gasteiger partial charge in [0.15, 0.2) is 0 Å². The van der Waals surface area contributed by atoms with Crippen LogP contribution < -0.4 is 16.0 Å². The molecule has 1 fully saturated rings. The third kappa shape index (κ3) is 5.27. The number of nitrogens with one attached hydrogen (secondary N) is 3. The number of para-hydroxylation sites is 1. The Labute approximate surface area is 242 Å². The summed E-state index contributed by atoms with van der Waals surface area (Å²) in [5, 5.41) is 9.68. The zero-order chi connectivity index (χ0) is 29.3. The van der Waals surface area contributed by atoms with Crippen molar-refractivity contribution in [3.05, 3.63) is 108 Å². The number of hydrogen-bond donors (Lipinski definition) is 3. The van der Waals surface area contributed by atoms with Gasteiger partial charge in [-0.2, -0.15) is 4.31 Å². The van der Waals surface area contributed by atoms with E-state index in [9.17, 15) is 22.8 Å². The number of anilines is 1. The molecule has 0 saturated carbocycles. The molecule has 2 aliphatic heterocycles. The quantitative estimate of drug-likeness (QED) is 0.322. The Kier molecular flexibility index (Phi) is 7.27. The van der Waals surface area contributed by atoms with Crippen LogP contribution in [-0.4, -0.2) is 61.5 Å². The highest BCUT2D eigenvalue weighted by Gasteiger charge is 2.40. The number of carbonyl (C=O) groups excluding carboxylic acids is 3. The SMILES string of the molecule is O=C(C[C@@H]1C(=O)NCCN1S(=O)(=O)c1ccc2ccccc2c1)NC1N=C(c2ccccc2)c2ccccc2NC1=O. The largest absolute Gasteiger partial charge is 0.353 e. The minimum Gasteiger partial charge on any atom is -0.353 e. The molecule has 0 aromatic heterocycles. The molecular formula is C31H27N5O5S. The predicted molar refractivity (Wildman–Crippen MR) is 158 cm³/mol. The Morgan fingerprint density at radius 1 is 0.881 bits per heavy atom. The van der Waals surface area contributed by atoms with E-state index >= 15 is 0 Å². The third-order valence-corrected chi connectivity index (χ3v) is 9.18. The van der Waals surface area contributed by atoms with Gasteiger partial charge in [-0.1, -0.05) is 78.9 Å². The van der Waals surface area contributed by atoms with Crippen LogP contribution >= 0.6 is 0 Å². The van der Waals surface area contributed by atoms with Gasteiger partial charge in [0.05, 0.1) is 22.7 Å². The van der Waals surface area contributed by atoms with Gasteiger partial charge in [-0.25, -0.2) is 13.4 Å². The van der Waals surface area contributed by atoms with Crippen LogP contribution in [0, 0.1) is 0 Å². The molecule has 1 saturated heterocycles. The van der Waals surface area contributed by atoms with Gasteiger partial charge in [-0.15, -0.1) is 0 Å². The summed E-state index contributed by atoms with van der Waals surface area (Å²) in [6.07, 6.45) is -1.80. The third-order valence-electron chi connectivity index (χ3n) is 7.28. The predicted octanol–water partition coefficient (Wildman–Crippen LogP) is 2.65. The highest BCUT2D eigenvalue weighted by atomic mass is 32.2. The van der Waals surface area contributed by atoms with E-state index in [2.05, 4.69) is 20.9 Å². The first-order valence-electron chi connectivity index (χ1n) is 13.4. The van der Waals surface area contributed by atoms with E-state index in [4.69, 9.17) is 0 Å². The summed E-state index contributed by atoms with van der Waals surface area (Å²) >= 11 is 0. The highest BCUT2D eigenvalue weighted by Crippen LogP contribution is 2.26. The molecule has 11 heteroatoms. The number of nitrogens with zero attached hydrogens (tertiary/aromatic N) is 2. The molecule has 0 aliphatic carbocycles. The van der Waals surface area contributed by atoms with Crippen LogP contribution in [0.3, 0.4) is 0 Å². The zero-order valence-electron chi connectivity index (χ0n) is 22.4. The van der Waals surface area contributed by atoms with Crippen molar-refractivity contribution in [2.75, 3.05) is 18.4 Å². The fraction of sp³-hybridized carbons (Fsp3) is 0.161. The van der Waals surface area contributed by atoms with Crippen molar-refractivity contribution in [2.45, 2.75) is 23.5 Å². The lowest BCUT2D eigenvalue weighted by molar-refractivity contribution is -0.132. The van der Waals surface area contributed by atoms with Crippen molar-refractivity contribution in [3.63, 3.8) is 0 Å². The number of carbonyl (C=O) groups is 3. The molecule has 2 aliphatic rings. The fourth-order valence-electron chi connectivity index (χ4n) is 5.21. The topological polar surface area (TPSA) is 137 Å². The number of amides is 3. The number of piperazine rings is 1. The molecule has 2 atom stereocenters. The van der Waals surface area contributed by atoms with Gasteiger partial charge in [-0.05, 0) is 29.0 Å². The van der Waals surface area contributed by atoms with Crippen LogP contribution in [-0.2, 0) is 24.4 Å². The number of aliphatic imine (C=N–C) groups is 1. The average molecular weight is 582 g/mol. The maximum atomic E-state index is 13.7. The first kappa shape index (κ1) is 27.3. The van der Waals surface area contributed by atoms with Crippen molar-refractivity contribution in [1.82, 2.24) is 14.9 Å². The second-order valence-corrected chi connectivity index (χ2v) is 11.9. The number of hydrogen-bond acceptors (Lipinski definition) is 6. The normalized spacial score (nSPS) is 19.2. The molecule has 1 unspecified atom stereocenters. The van der Waals surface area contributed by atoms with Gasteiger partial charge in [0.25, 0.3) is 5.91 Å². The molecule has 6 rings (SSSR count). The summed E-state index contributed by atoms with van der Waals surface area (Å²) in [6.45, 7) is 0.103. The van der Waals surface area contributed by atoms with E-state index in [-0.39, 0.29) is 18.0 Å². The van der Waals surface area contributed by atoms with Crippen LogP contribution in [0.2, 0.25) is 0 Å². The van der Waals surface area contributed by atoms with E-state index in [0.717, 1.165) is 20.6 Å². The minimum absolute atomic E-state index is 0.00558. The summed E-state index contributed by atoms with van der Waals surface area (Å²) in [6, 6.07) is 27.3. The lowest BCUT2D eigenvalue weighted by Gasteiger charge is -2.33. The van der Waals surface area contributed by atoms with Crippen molar-refractivity contribution in [3.8, 4) is 0 Å².